The largest absolute Gasteiger partial charge is 0.350 e. The summed E-state index contributed by atoms with van der Waals surface area (Å²) >= 11 is 11.8. The number of rotatable bonds is 6. The van der Waals surface area contributed by atoms with Crippen LogP contribution in [0.25, 0.3) is 0 Å². The summed E-state index contributed by atoms with van der Waals surface area (Å²) in [5, 5.41) is 3.87. The Morgan fingerprint density at radius 2 is 2.06 bits per heavy atom. The van der Waals surface area contributed by atoms with Crippen LogP contribution < -0.4 is 5.32 Å². The third kappa shape index (κ3) is 4.87. The lowest BCUT2D eigenvalue weighted by atomic mass is 10.1. The van der Waals surface area contributed by atoms with Crippen LogP contribution in [0, 0.1) is 0 Å². The molecule has 1 N–H and O–H groups in total. The lowest BCUT2D eigenvalue weighted by Crippen LogP contribution is -2.32. The van der Waals surface area contributed by atoms with E-state index in [2.05, 4.69) is 12.2 Å². The van der Waals surface area contributed by atoms with Crippen molar-refractivity contribution in [1.29, 1.82) is 0 Å². The molecule has 0 fully saturated rings. The van der Waals surface area contributed by atoms with Crippen LogP contribution in [0.15, 0.2) is 18.2 Å². The maximum atomic E-state index is 12.0. The molecule has 0 aliphatic rings. The average molecular weight is 288 g/mol. The lowest BCUT2D eigenvalue weighted by molar-refractivity contribution is 0.0938. The van der Waals surface area contributed by atoms with Gasteiger partial charge < -0.3 is 5.32 Å². The summed E-state index contributed by atoms with van der Waals surface area (Å²) in [4.78, 5) is 12.0. The number of nitrogens with one attached hydrogen (secondary N) is 1. The van der Waals surface area contributed by atoms with Crippen molar-refractivity contribution < 1.29 is 4.79 Å². The predicted molar refractivity (Wildman–Crippen MR) is 77.5 cm³/mol. The first kappa shape index (κ1) is 15.3. The molecule has 0 spiro atoms. The van der Waals surface area contributed by atoms with Gasteiger partial charge in [-0.15, -0.1) is 0 Å². The molecule has 0 heterocycles. The standard InChI is InChI=1S/C14H19Cl2NO/c1-3-4-5-6-10(2)17-14(18)12-8-7-11(15)9-13(12)16/h7-10H,3-6H2,1-2H3,(H,17,18)/t10-/m0/s1. The fourth-order valence-electron chi connectivity index (χ4n) is 1.75. The number of carbonyl (C=O) groups excluding carboxylic acids is 1. The van der Waals surface area contributed by atoms with E-state index < -0.39 is 0 Å². The third-order valence-corrected chi connectivity index (χ3v) is 3.34. The van der Waals surface area contributed by atoms with E-state index in [1.54, 1.807) is 18.2 Å². The third-order valence-electron chi connectivity index (χ3n) is 2.79. The number of amides is 1. The SMILES string of the molecule is CCCCC[C@H](C)NC(=O)c1ccc(Cl)cc1Cl. The van der Waals surface area contributed by atoms with E-state index in [9.17, 15) is 4.79 Å². The molecule has 0 unspecified atom stereocenters. The van der Waals surface area contributed by atoms with Gasteiger partial charge in [0.1, 0.15) is 0 Å². The topological polar surface area (TPSA) is 29.1 Å². The Labute approximate surface area is 119 Å². The molecule has 0 bridgehead atoms. The van der Waals surface area contributed by atoms with Gasteiger partial charge >= 0.3 is 0 Å². The van der Waals surface area contributed by atoms with Gasteiger partial charge in [-0.2, -0.15) is 0 Å². The predicted octanol–water partition coefficient (Wildman–Crippen LogP) is 4.69. The van der Waals surface area contributed by atoms with Crippen molar-refractivity contribution >= 4 is 29.1 Å². The van der Waals surface area contributed by atoms with Gasteiger partial charge in [0.15, 0.2) is 0 Å². The summed E-state index contributed by atoms with van der Waals surface area (Å²) in [5.41, 5.74) is 0.475. The molecular weight excluding hydrogens is 269 g/mol. The first-order chi connectivity index (χ1) is 8.54. The Morgan fingerprint density at radius 3 is 2.67 bits per heavy atom. The Hall–Kier alpha value is -0.730. The first-order valence-electron chi connectivity index (χ1n) is 6.30. The number of hydrogen-bond donors (Lipinski definition) is 1. The summed E-state index contributed by atoms with van der Waals surface area (Å²) in [6.45, 7) is 4.17. The molecule has 1 aromatic carbocycles. The second-order valence-electron chi connectivity index (χ2n) is 4.49. The highest BCUT2D eigenvalue weighted by Crippen LogP contribution is 2.21. The second-order valence-corrected chi connectivity index (χ2v) is 5.34. The zero-order valence-corrected chi connectivity index (χ0v) is 12.3. The van der Waals surface area contributed by atoms with Crippen LogP contribution in [0.4, 0.5) is 0 Å². The molecule has 0 radical (unpaired) electrons. The van der Waals surface area contributed by atoms with Crippen molar-refractivity contribution in [3.05, 3.63) is 33.8 Å². The second kappa shape index (κ2) is 7.65. The number of halogens is 2. The van der Waals surface area contributed by atoms with Gasteiger partial charge in [0.2, 0.25) is 0 Å². The first-order valence-corrected chi connectivity index (χ1v) is 7.06. The highest BCUT2D eigenvalue weighted by atomic mass is 35.5. The molecule has 100 valence electrons. The van der Waals surface area contributed by atoms with Crippen molar-refractivity contribution in [3.63, 3.8) is 0 Å². The minimum atomic E-state index is -0.138. The smallest absolute Gasteiger partial charge is 0.253 e. The fraction of sp³-hybridized carbons (Fsp3) is 0.500. The van der Waals surface area contributed by atoms with Crippen molar-refractivity contribution in [3.8, 4) is 0 Å². The number of hydrogen-bond acceptors (Lipinski definition) is 1. The fourth-order valence-corrected chi connectivity index (χ4v) is 2.24. The van der Waals surface area contributed by atoms with Crippen molar-refractivity contribution in [1.82, 2.24) is 5.32 Å². The molecular formula is C14H19Cl2NO. The highest BCUT2D eigenvalue weighted by molar-refractivity contribution is 6.36. The molecule has 4 heteroatoms. The van der Waals surface area contributed by atoms with Crippen LogP contribution in [0.1, 0.15) is 49.9 Å². The monoisotopic (exact) mass is 287 g/mol. The van der Waals surface area contributed by atoms with Gasteiger partial charge in [0.05, 0.1) is 10.6 Å². The lowest BCUT2D eigenvalue weighted by Gasteiger charge is -2.14. The van der Waals surface area contributed by atoms with Crippen molar-refractivity contribution in [2.75, 3.05) is 0 Å². The summed E-state index contributed by atoms with van der Waals surface area (Å²) in [6.07, 6.45) is 4.50. The highest BCUT2D eigenvalue weighted by Gasteiger charge is 2.12. The van der Waals surface area contributed by atoms with Crippen molar-refractivity contribution in [2.45, 2.75) is 45.6 Å². The number of unbranched alkanes of at least 4 members (excludes halogenated alkanes) is 2. The normalized spacial score (nSPS) is 12.2. The van der Waals surface area contributed by atoms with Gasteiger partial charge in [0.25, 0.3) is 5.91 Å². The molecule has 1 aromatic rings. The molecule has 0 saturated carbocycles. The van der Waals surface area contributed by atoms with E-state index in [0.717, 1.165) is 12.8 Å². The molecule has 0 aliphatic carbocycles. The van der Waals surface area contributed by atoms with Crippen LogP contribution in [-0.4, -0.2) is 11.9 Å². The van der Waals surface area contributed by atoms with E-state index in [4.69, 9.17) is 23.2 Å². The van der Waals surface area contributed by atoms with Crippen LogP contribution >= 0.6 is 23.2 Å². The van der Waals surface area contributed by atoms with Gasteiger partial charge in [0, 0.05) is 11.1 Å². The van der Waals surface area contributed by atoms with E-state index in [1.165, 1.54) is 12.8 Å². The van der Waals surface area contributed by atoms with Crippen LogP contribution in [0.2, 0.25) is 10.0 Å². The Morgan fingerprint density at radius 1 is 1.33 bits per heavy atom. The Balaban J connectivity index is 2.54. The van der Waals surface area contributed by atoms with E-state index in [1.807, 2.05) is 6.92 Å². The molecule has 18 heavy (non-hydrogen) atoms. The Bertz CT molecular complexity index is 407. The van der Waals surface area contributed by atoms with E-state index >= 15 is 0 Å². The number of carbonyl (C=O) groups is 1. The molecule has 1 rings (SSSR count). The van der Waals surface area contributed by atoms with Gasteiger partial charge in [-0.1, -0.05) is 49.4 Å². The van der Waals surface area contributed by atoms with Crippen LogP contribution in [0.5, 0.6) is 0 Å². The van der Waals surface area contributed by atoms with Gasteiger partial charge in [-0.3, -0.25) is 4.79 Å². The maximum absolute atomic E-state index is 12.0. The maximum Gasteiger partial charge on any atom is 0.253 e. The molecule has 0 aliphatic heterocycles. The van der Waals surface area contributed by atoms with Crippen molar-refractivity contribution in [2.24, 2.45) is 0 Å². The van der Waals surface area contributed by atoms with Gasteiger partial charge in [-0.25, -0.2) is 0 Å². The van der Waals surface area contributed by atoms with Crippen LogP contribution in [-0.2, 0) is 0 Å². The molecule has 0 saturated heterocycles. The van der Waals surface area contributed by atoms with E-state index in [-0.39, 0.29) is 11.9 Å². The summed E-state index contributed by atoms with van der Waals surface area (Å²) in [7, 11) is 0. The Kier molecular flexibility index (Phi) is 6.51. The minimum absolute atomic E-state index is 0.138. The summed E-state index contributed by atoms with van der Waals surface area (Å²) in [5.74, 6) is -0.138. The number of benzene rings is 1. The molecule has 1 amide bonds. The van der Waals surface area contributed by atoms with Gasteiger partial charge in [-0.05, 0) is 31.5 Å². The van der Waals surface area contributed by atoms with E-state index in [0.29, 0.717) is 15.6 Å². The zero-order chi connectivity index (χ0) is 13.5. The summed E-state index contributed by atoms with van der Waals surface area (Å²) in [6, 6.07) is 5.07. The average Bonchev–Trinajstić information content (AvgIpc) is 2.28. The quantitative estimate of drug-likeness (QED) is 0.756. The van der Waals surface area contributed by atoms with Crippen LogP contribution in [0.3, 0.4) is 0 Å². The molecule has 2 nitrogen and oxygen atoms in total. The minimum Gasteiger partial charge on any atom is -0.350 e. The zero-order valence-electron chi connectivity index (χ0n) is 10.8. The molecule has 1 atom stereocenters. The molecule has 0 aromatic heterocycles. The summed E-state index contributed by atoms with van der Waals surface area (Å²) < 4.78 is 0.